The van der Waals surface area contributed by atoms with Crippen molar-refractivity contribution in [1.82, 2.24) is 14.5 Å². The van der Waals surface area contributed by atoms with E-state index < -0.39 is 10.0 Å². The molecule has 7 nitrogen and oxygen atoms in total. The van der Waals surface area contributed by atoms with Crippen LogP contribution in [0.2, 0.25) is 10.0 Å². The van der Waals surface area contributed by atoms with Crippen LogP contribution in [0.1, 0.15) is 17.5 Å². The third-order valence-electron chi connectivity index (χ3n) is 5.29. The number of hydrogen-bond acceptors (Lipinski definition) is 5. The van der Waals surface area contributed by atoms with Gasteiger partial charge in [0.2, 0.25) is 15.9 Å². The molecular formula is C22H26Cl2N4O3S. The Labute approximate surface area is 199 Å². The van der Waals surface area contributed by atoms with Crippen LogP contribution in [0.15, 0.2) is 52.4 Å². The minimum absolute atomic E-state index is 0.0333. The third-order valence-corrected chi connectivity index (χ3v) is 7.86. The van der Waals surface area contributed by atoms with Crippen molar-refractivity contribution in [2.24, 2.45) is 4.99 Å². The number of sulfonamides is 1. The average Bonchev–Trinajstić information content (AvgIpc) is 3.30. The maximum absolute atomic E-state index is 12.7. The van der Waals surface area contributed by atoms with Crippen molar-refractivity contribution in [1.29, 1.82) is 0 Å². The van der Waals surface area contributed by atoms with Crippen LogP contribution in [-0.4, -0.2) is 69.6 Å². The van der Waals surface area contributed by atoms with Crippen LogP contribution in [0.4, 0.5) is 0 Å². The monoisotopic (exact) mass is 496 g/mol. The summed E-state index contributed by atoms with van der Waals surface area (Å²) in [5.74, 6) is 0.790. The van der Waals surface area contributed by atoms with E-state index in [1.165, 1.54) is 25.2 Å². The molecule has 3 rings (SSSR count). The van der Waals surface area contributed by atoms with Gasteiger partial charge in [0.25, 0.3) is 0 Å². The largest absolute Gasteiger partial charge is 0.368 e. The summed E-state index contributed by atoms with van der Waals surface area (Å²) >= 11 is 11.9. The van der Waals surface area contributed by atoms with E-state index in [-0.39, 0.29) is 28.8 Å². The molecule has 0 radical (unpaired) electrons. The van der Waals surface area contributed by atoms with Gasteiger partial charge in [0.15, 0.2) is 0 Å². The summed E-state index contributed by atoms with van der Waals surface area (Å²) in [5.41, 5.74) is 2.17. The van der Waals surface area contributed by atoms with Gasteiger partial charge >= 0.3 is 0 Å². The lowest BCUT2D eigenvalue weighted by atomic mass is 10.1. The Bertz CT molecular complexity index is 1100. The number of likely N-dealkylation sites (N-methyl/N-ethyl adjacent to an activating group) is 1. The molecule has 0 saturated heterocycles. The van der Waals surface area contributed by atoms with Gasteiger partial charge in [0.1, 0.15) is 10.7 Å². The number of amidine groups is 1. The van der Waals surface area contributed by atoms with Crippen LogP contribution in [0.5, 0.6) is 0 Å². The summed E-state index contributed by atoms with van der Waals surface area (Å²) in [5, 5.41) is 3.65. The number of amides is 1. The minimum Gasteiger partial charge on any atom is -0.368 e. The van der Waals surface area contributed by atoms with Gasteiger partial charge in [0.05, 0.1) is 11.6 Å². The second kappa shape index (κ2) is 10.7. The van der Waals surface area contributed by atoms with E-state index in [2.05, 4.69) is 10.3 Å². The molecule has 0 aromatic heterocycles. The molecule has 0 atom stereocenters. The van der Waals surface area contributed by atoms with Crippen molar-refractivity contribution in [2.75, 3.05) is 40.3 Å². The lowest BCUT2D eigenvalue weighted by Gasteiger charge is -2.21. The summed E-state index contributed by atoms with van der Waals surface area (Å²) in [6, 6.07) is 12.3. The predicted molar refractivity (Wildman–Crippen MR) is 128 cm³/mol. The van der Waals surface area contributed by atoms with E-state index in [4.69, 9.17) is 23.2 Å². The summed E-state index contributed by atoms with van der Waals surface area (Å²) in [7, 11) is -0.667. The van der Waals surface area contributed by atoms with E-state index >= 15 is 0 Å². The van der Waals surface area contributed by atoms with E-state index in [0.717, 1.165) is 34.4 Å². The zero-order chi connectivity index (χ0) is 23.3. The number of nitrogens with one attached hydrogen (secondary N) is 1. The molecule has 10 heteroatoms. The van der Waals surface area contributed by atoms with E-state index in [1.807, 2.05) is 24.3 Å². The van der Waals surface area contributed by atoms with Crippen LogP contribution in [0.3, 0.4) is 0 Å². The number of carbonyl (C=O) groups is 1. The quantitative estimate of drug-likeness (QED) is 0.578. The minimum atomic E-state index is -3.82. The molecule has 1 heterocycles. The van der Waals surface area contributed by atoms with E-state index in [1.54, 1.807) is 11.9 Å². The molecule has 1 N–H and O–H groups in total. The van der Waals surface area contributed by atoms with Crippen LogP contribution in [0, 0.1) is 0 Å². The van der Waals surface area contributed by atoms with Gasteiger partial charge in [0, 0.05) is 50.7 Å². The first-order chi connectivity index (χ1) is 15.2. The number of halogens is 2. The summed E-state index contributed by atoms with van der Waals surface area (Å²) in [6.45, 7) is 2.26. The lowest BCUT2D eigenvalue weighted by Crippen LogP contribution is -2.34. The number of hydrogen-bond donors (Lipinski definition) is 1. The van der Waals surface area contributed by atoms with Gasteiger partial charge in [-0.05, 0) is 30.2 Å². The lowest BCUT2D eigenvalue weighted by molar-refractivity contribution is -0.129. The Morgan fingerprint density at radius 1 is 1.09 bits per heavy atom. The number of aliphatic imine (C=N–C) groups is 1. The maximum Gasteiger partial charge on any atom is 0.244 e. The molecule has 0 fully saturated rings. The van der Waals surface area contributed by atoms with Crippen LogP contribution >= 0.6 is 23.2 Å². The molecule has 2 aromatic rings. The van der Waals surface area contributed by atoms with Crippen molar-refractivity contribution >= 4 is 45.0 Å². The highest BCUT2D eigenvalue weighted by molar-refractivity contribution is 7.89. The molecule has 1 amide bonds. The fraction of sp³-hybridized carbons (Fsp3) is 0.364. The average molecular weight is 497 g/mol. The summed E-state index contributed by atoms with van der Waals surface area (Å²) in [4.78, 5) is 18.5. The molecule has 2 aromatic carbocycles. The Kier molecular flexibility index (Phi) is 8.16. The number of benzene rings is 2. The molecule has 172 valence electrons. The Balaban J connectivity index is 1.49. The zero-order valence-corrected chi connectivity index (χ0v) is 20.3. The summed E-state index contributed by atoms with van der Waals surface area (Å²) < 4.78 is 26.6. The van der Waals surface area contributed by atoms with Gasteiger partial charge in [-0.2, -0.15) is 0 Å². The smallest absolute Gasteiger partial charge is 0.244 e. The predicted octanol–water partition coefficient (Wildman–Crippen LogP) is 3.05. The molecular weight excluding hydrogens is 471 g/mol. The Morgan fingerprint density at radius 2 is 1.81 bits per heavy atom. The second-order valence-electron chi connectivity index (χ2n) is 7.57. The van der Waals surface area contributed by atoms with Crippen molar-refractivity contribution in [3.63, 3.8) is 0 Å². The second-order valence-corrected chi connectivity index (χ2v) is 10.4. The van der Waals surface area contributed by atoms with Gasteiger partial charge in [-0.25, -0.2) is 12.7 Å². The zero-order valence-electron chi connectivity index (χ0n) is 18.0. The first-order valence-electron chi connectivity index (χ1n) is 10.2. The SMILES string of the molecule is CN(CCc1ccc(C2=NCCN2)cc1)C(=O)CCN(C)S(=O)(=O)c1ccc(Cl)cc1Cl. The highest BCUT2D eigenvalue weighted by atomic mass is 35.5. The third kappa shape index (κ3) is 6.01. The van der Waals surface area contributed by atoms with Gasteiger partial charge < -0.3 is 10.2 Å². The molecule has 0 aliphatic carbocycles. The van der Waals surface area contributed by atoms with Crippen molar-refractivity contribution < 1.29 is 13.2 Å². The summed E-state index contributed by atoms with van der Waals surface area (Å²) in [6.07, 6.45) is 0.777. The Morgan fingerprint density at radius 3 is 2.44 bits per heavy atom. The highest BCUT2D eigenvalue weighted by Crippen LogP contribution is 2.27. The number of carbonyl (C=O) groups excluding carboxylic acids is 1. The fourth-order valence-electron chi connectivity index (χ4n) is 3.26. The van der Waals surface area contributed by atoms with Crippen LogP contribution in [0.25, 0.3) is 0 Å². The van der Waals surface area contributed by atoms with Crippen LogP contribution < -0.4 is 5.32 Å². The molecule has 0 saturated carbocycles. The highest BCUT2D eigenvalue weighted by Gasteiger charge is 2.24. The topological polar surface area (TPSA) is 82.1 Å². The first kappa shape index (κ1) is 24.5. The molecule has 0 unspecified atom stereocenters. The van der Waals surface area contributed by atoms with Crippen molar-refractivity contribution in [3.05, 3.63) is 63.6 Å². The van der Waals surface area contributed by atoms with Crippen molar-refractivity contribution in [2.45, 2.75) is 17.7 Å². The van der Waals surface area contributed by atoms with E-state index in [0.29, 0.717) is 18.0 Å². The molecule has 1 aliphatic rings. The molecule has 0 bridgehead atoms. The Hall–Kier alpha value is -2.13. The standard InChI is InChI=1S/C22H26Cl2N4O3S/c1-27(13-9-16-3-5-17(6-4-16)22-25-11-12-26-22)21(29)10-14-28(2)32(30,31)20-8-7-18(23)15-19(20)24/h3-8,15H,9-14H2,1-2H3,(H,25,26). The number of nitrogens with zero attached hydrogens (tertiary/aromatic N) is 3. The molecule has 0 spiro atoms. The van der Waals surface area contributed by atoms with Gasteiger partial charge in [-0.3, -0.25) is 9.79 Å². The fourth-order valence-corrected chi connectivity index (χ4v) is 5.17. The van der Waals surface area contributed by atoms with E-state index in [9.17, 15) is 13.2 Å². The molecule has 32 heavy (non-hydrogen) atoms. The first-order valence-corrected chi connectivity index (χ1v) is 12.4. The maximum atomic E-state index is 12.7. The van der Waals surface area contributed by atoms with Gasteiger partial charge in [-0.15, -0.1) is 0 Å². The van der Waals surface area contributed by atoms with Gasteiger partial charge in [-0.1, -0.05) is 47.5 Å². The normalized spacial score (nSPS) is 13.7. The van der Waals surface area contributed by atoms with Crippen LogP contribution in [-0.2, 0) is 21.2 Å². The van der Waals surface area contributed by atoms with Crippen molar-refractivity contribution in [3.8, 4) is 0 Å². The number of rotatable bonds is 9. The molecule has 1 aliphatic heterocycles.